The highest BCUT2D eigenvalue weighted by molar-refractivity contribution is 5.94. The van der Waals surface area contributed by atoms with Crippen molar-refractivity contribution >= 4 is 5.91 Å². The Labute approximate surface area is 151 Å². The molecule has 1 saturated heterocycles. The van der Waals surface area contributed by atoms with E-state index < -0.39 is 0 Å². The van der Waals surface area contributed by atoms with Gasteiger partial charge in [-0.3, -0.25) is 14.7 Å². The van der Waals surface area contributed by atoms with Crippen LogP contribution in [0.5, 0.6) is 0 Å². The predicted octanol–water partition coefficient (Wildman–Crippen LogP) is 1.62. The molecule has 0 aliphatic carbocycles. The summed E-state index contributed by atoms with van der Waals surface area (Å²) in [6, 6.07) is 11.5. The molecule has 0 bridgehead atoms. The van der Waals surface area contributed by atoms with Gasteiger partial charge in [0.1, 0.15) is 12.7 Å². The molecule has 1 aliphatic heterocycles. The van der Waals surface area contributed by atoms with Crippen molar-refractivity contribution in [2.45, 2.75) is 6.54 Å². The number of benzene rings is 1. The van der Waals surface area contributed by atoms with E-state index in [0.29, 0.717) is 5.56 Å². The molecule has 0 atom stereocenters. The van der Waals surface area contributed by atoms with E-state index in [0.717, 1.165) is 38.4 Å². The van der Waals surface area contributed by atoms with Crippen molar-refractivity contribution in [3.63, 3.8) is 0 Å². The van der Waals surface area contributed by atoms with Crippen LogP contribution in [-0.2, 0) is 6.54 Å². The number of aromatic nitrogens is 4. The topological polar surface area (TPSA) is 67.2 Å². The molecule has 3 heterocycles. The SMILES string of the molecule is O=C(c1ccc(-n2cncn2)cc1)N1CCN(Cc2cccnc2)CC1. The Balaban J connectivity index is 1.34. The lowest BCUT2D eigenvalue weighted by molar-refractivity contribution is 0.0628. The normalized spacial score (nSPS) is 15.2. The quantitative estimate of drug-likeness (QED) is 0.717. The summed E-state index contributed by atoms with van der Waals surface area (Å²) in [4.78, 5) is 25.1. The molecule has 1 fully saturated rings. The smallest absolute Gasteiger partial charge is 0.253 e. The molecule has 0 radical (unpaired) electrons. The lowest BCUT2D eigenvalue weighted by atomic mass is 10.1. The summed E-state index contributed by atoms with van der Waals surface area (Å²) in [6.45, 7) is 4.10. The van der Waals surface area contributed by atoms with Gasteiger partial charge in [-0.25, -0.2) is 9.67 Å². The van der Waals surface area contributed by atoms with E-state index in [1.165, 1.54) is 11.9 Å². The van der Waals surface area contributed by atoms with E-state index in [4.69, 9.17) is 0 Å². The largest absolute Gasteiger partial charge is 0.336 e. The van der Waals surface area contributed by atoms with Gasteiger partial charge in [-0.05, 0) is 35.9 Å². The monoisotopic (exact) mass is 348 g/mol. The molecule has 1 aromatic carbocycles. The first kappa shape index (κ1) is 16.4. The molecule has 4 rings (SSSR count). The van der Waals surface area contributed by atoms with Crippen LogP contribution in [0.1, 0.15) is 15.9 Å². The van der Waals surface area contributed by atoms with Gasteiger partial charge in [0.15, 0.2) is 0 Å². The minimum atomic E-state index is 0.0798. The van der Waals surface area contributed by atoms with Crippen molar-refractivity contribution in [3.8, 4) is 5.69 Å². The van der Waals surface area contributed by atoms with Gasteiger partial charge in [0, 0.05) is 50.7 Å². The van der Waals surface area contributed by atoms with Crippen LogP contribution in [0.25, 0.3) is 5.69 Å². The highest BCUT2D eigenvalue weighted by Crippen LogP contribution is 2.13. The highest BCUT2D eigenvalue weighted by atomic mass is 16.2. The Kier molecular flexibility index (Phi) is 4.70. The Morgan fingerprint density at radius 1 is 1.00 bits per heavy atom. The fourth-order valence-electron chi connectivity index (χ4n) is 3.14. The Hall–Kier alpha value is -3.06. The molecule has 0 N–H and O–H groups in total. The van der Waals surface area contributed by atoms with E-state index >= 15 is 0 Å². The van der Waals surface area contributed by atoms with Gasteiger partial charge < -0.3 is 4.90 Å². The summed E-state index contributed by atoms with van der Waals surface area (Å²) in [5.74, 6) is 0.0798. The molecule has 0 saturated carbocycles. The van der Waals surface area contributed by atoms with Gasteiger partial charge in [0.25, 0.3) is 5.91 Å². The minimum absolute atomic E-state index is 0.0798. The maximum absolute atomic E-state index is 12.7. The van der Waals surface area contributed by atoms with Crippen molar-refractivity contribution in [1.82, 2.24) is 29.5 Å². The van der Waals surface area contributed by atoms with E-state index in [-0.39, 0.29) is 5.91 Å². The van der Waals surface area contributed by atoms with Gasteiger partial charge in [0.05, 0.1) is 5.69 Å². The summed E-state index contributed by atoms with van der Waals surface area (Å²) in [6.07, 6.45) is 6.81. The zero-order chi connectivity index (χ0) is 17.8. The Morgan fingerprint density at radius 2 is 1.81 bits per heavy atom. The van der Waals surface area contributed by atoms with Gasteiger partial charge in [-0.1, -0.05) is 6.07 Å². The number of nitrogens with zero attached hydrogens (tertiary/aromatic N) is 6. The third-order valence-corrected chi connectivity index (χ3v) is 4.59. The molecule has 7 heteroatoms. The number of carbonyl (C=O) groups is 1. The van der Waals surface area contributed by atoms with Crippen LogP contribution in [0.3, 0.4) is 0 Å². The van der Waals surface area contributed by atoms with Crippen LogP contribution < -0.4 is 0 Å². The van der Waals surface area contributed by atoms with Crippen LogP contribution in [0.15, 0.2) is 61.4 Å². The van der Waals surface area contributed by atoms with Crippen LogP contribution in [0.4, 0.5) is 0 Å². The number of carbonyl (C=O) groups excluding carboxylic acids is 1. The maximum atomic E-state index is 12.7. The van der Waals surface area contributed by atoms with E-state index in [2.05, 4.69) is 26.0 Å². The zero-order valence-corrected chi connectivity index (χ0v) is 14.4. The number of pyridine rings is 1. The Morgan fingerprint density at radius 3 is 2.46 bits per heavy atom. The van der Waals surface area contributed by atoms with Gasteiger partial charge >= 0.3 is 0 Å². The highest BCUT2D eigenvalue weighted by Gasteiger charge is 2.22. The molecule has 132 valence electrons. The molecule has 2 aromatic heterocycles. The summed E-state index contributed by atoms with van der Waals surface area (Å²) < 4.78 is 1.67. The molecule has 1 aliphatic rings. The molecular formula is C19H20N6O. The summed E-state index contributed by atoms with van der Waals surface area (Å²) >= 11 is 0. The average Bonchev–Trinajstić information content (AvgIpc) is 3.24. The van der Waals surface area contributed by atoms with Crippen molar-refractivity contribution in [2.24, 2.45) is 0 Å². The van der Waals surface area contributed by atoms with Crippen molar-refractivity contribution in [2.75, 3.05) is 26.2 Å². The molecule has 7 nitrogen and oxygen atoms in total. The lowest BCUT2D eigenvalue weighted by Crippen LogP contribution is -2.48. The molecule has 26 heavy (non-hydrogen) atoms. The first-order valence-corrected chi connectivity index (χ1v) is 8.65. The number of piperazine rings is 1. The van der Waals surface area contributed by atoms with Gasteiger partial charge in [-0.15, -0.1) is 0 Å². The lowest BCUT2D eigenvalue weighted by Gasteiger charge is -2.34. The second-order valence-corrected chi connectivity index (χ2v) is 6.32. The first-order valence-electron chi connectivity index (χ1n) is 8.65. The van der Waals surface area contributed by atoms with Crippen molar-refractivity contribution < 1.29 is 4.79 Å². The van der Waals surface area contributed by atoms with E-state index in [1.807, 2.05) is 41.4 Å². The van der Waals surface area contributed by atoms with Crippen molar-refractivity contribution in [1.29, 1.82) is 0 Å². The molecule has 0 spiro atoms. The zero-order valence-electron chi connectivity index (χ0n) is 14.4. The van der Waals surface area contributed by atoms with E-state index in [1.54, 1.807) is 17.2 Å². The standard InChI is InChI=1S/C19H20N6O/c26-19(17-3-5-18(6-4-17)25-15-21-14-22-25)24-10-8-23(9-11-24)13-16-2-1-7-20-12-16/h1-7,12,14-15H,8-11,13H2. The first-order chi connectivity index (χ1) is 12.8. The molecule has 3 aromatic rings. The second-order valence-electron chi connectivity index (χ2n) is 6.32. The maximum Gasteiger partial charge on any atom is 0.253 e. The Bertz CT molecular complexity index is 840. The third-order valence-electron chi connectivity index (χ3n) is 4.59. The molecule has 0 unspecified atom stereocenters. The summed E-state index contributed by atoms with van der Waals surface area (Å²) in [5.41, 5.74) is 2.80. The number of amides is 1. The fourth-order valence-corrected chi connectivity index (χ4v) is 3.14. The number of hydrogen-bond donors (Lipinski definition) is 0. The fraction of sp³-hybridized carbons (Fsp3) is 0.263. The predicted molar refractivity (Wildman–Crippen MR) is 96.8 cm³/mol. The summed E-state index contributed by atoms with van der Waals surface area (Å²) in [5, 5.41) is 4.09. The van der Waals surface area contributed by atoms with Crippen LogP contribution in [0, 0.1) is 0 Å². The second kappa shape index (κ2) is 7.45. The summed E-state index contributed by atoms with van der Waals surface area (Å²) in [7, 11) is 0. The van der Waals surface area contributed by atoms with Gasteiger partial charge in [0.2, 0.25) is 0 Å². The van der Waals surface area contributed by atoms with Gasteiger partial charge in [-0.2, -0.15) is 5.10 Å². The van der Waals surface area contributed by atoms with Crippen LogP contribution in [-0.4, -0.2) is 61.6 Å². The average molecular weight is 348 g/mol. The van der Waals surface area contributed by atoms with E-state index in [9.17, 15) is 4.79 Å². The third kappa shape index (κ3) is 3.62. The minimum Gasteiger partial charge on any atom is -0.336 e. The number of rotatable bonds is 4. The molecule has 1 amide bonds. The van der Waals surface area contributed by atoms with Crippen LogP contribution in [0.2, 0.25) is 0 Å². The van der Waals surface area contributed by atoms with Crippen molar-refractivity contribution in [3.05, 3.63) is 72.6 Å². The molecular weight excluding hydrogens is 328 g/mol. The van der Waals surface area contributed by atoms with Crippen LogP contribution >= 0.6 is 0 Å². The number of hydrogen-bond acceptors (Lipinski definition) is 5.